The Balaban J connectivity index is 1.89. The van der Waals surface area contributed by atoms with E-state index >= 15 is 0 Å². The summed E-state index contributed by atoms with van der Waals surface area (Å²) >= 11 is 0. The molecule has 3 heteroatoms. The number of hydrogen-bond donors (Lipinski definition) is 1. The quantitative estimate of drug-likeness (QED) is 0.374. The molecule has 0 aliphatic heterocycles. The molecule has 0 radical (unpaired) electrons. The molecule has 30 heavy (non-hydrogen) atoms. The van der Waals surface area contributed by atoms with E-state index in [1.54, 1.807) is 6.07 Å². The lowest BCUT2D eigenvalue weighted by Crippen LogP contribution is -1.94. The highest BCUT2D eigenvalue weighted by Crippen LogP contribution is 2.39. The number of phenols is 1. The van der Waals surface area contributed by atoms with Crippen molar-refractivity contribution in [2.45, 2.75) is 59.3 Å². The molecule has 0 bridgehead atoms. The minimum absolute atomic E-state index is 0.127. The van der Waals surface area contributed by atoms with Crippen molar-refractivity contribution in [3.8, 4) is 28.7 Å². The molecule has 3 aromatic carbocycles. The summed E-state index contributed by atoms with van der Waals surface area (Å²) in [5, 5.41) is 10.3. The SMILES string of the molecule is CCCc1ccc(Oc2cc(CCC)ccc2Oc2cc(CCC)ccc2O)cc1. The summed E-state index contributed by atoms with van der Waals surface area (Å²) in [6.07, 6.45) is 6.21. The van der Waals surface area contributed by atoms with Gasteiger partial charge in [0, 0.05) is 0 Å². The Morgan fingerprint density at radius 2 is 1.10 bits per heavy atom. The van der Waals surface area contributed by atoms with Crippen molar-refractivity contribution in [2.75, 3.05) is 0 Å². The van der Waals surface area contributed by atoms with Crippen LogP contribution >= 0.6 is 0 Å². The van der Waals surface area contributed by atoms with Crippen molar-refractivity contribution in [3.05, 3.63) is 77.4 Å². The fraction of sp³-hybridized carbons (Fsp3) is 0.333. The first-order chi connectivity index (χ1) is 14.6. The molecule has 3 nitrogen and oxygen atoms in total. The fourth-order valence-corrected chi connectivity index (χ4v) is 3.50. The predicted octanol–water partition coefficient (Wildman–Crippen LogP) is 7.83. The molecule has 0 spiro atoms. The Labute approximate surface area is 180 Å². The summed E-state index contributed by atoms with van der Waals surface area (Å²) in [5.41, 5.74) is 3.65. The van der Waals surface area contributed by atoms with E-state index in [1.165, 1.54) is 11.1 Å². The molecule has 0 saturated heterocycles. The highest BCUT2D eigenvalue weighted by Gasteiger charge is 2.12. The molecule has 1 N–H and O–H groups in total. The van der Waals surface area contributed by atoms with Gasteiger partial charge in [-0.25, -0.2) is 0 Å². The fourth-order valence-electron chi connectivity index (χ4n) is 3.50. The van der Waals surface area contributed by atoms with Crippen LogP contribution in [0.25, 0.3) is 0 Å². The highest BCUT2D eigenvalue weighted by atomic mass is 16.5. The summed E-state index contributed by atoms with van der Waals surface area (Å²) in [6, 6.07) is 19.8. The van der Waals surface area contributed by atoms with Gasteiger partial charge in [0.1, 0.15) is 5.75 Å². The predicted molar refractivity (Wildman–Crippen MR) is 123 cm³/mol. The second kappa shape index (κ2) is 10.7. The third-order valence-electron chi connectivity index (χ3n) is 5.02. The molecule has 0 aromatic heterocycles. The molecular weight excluding hydrogens is 372 g/mol. The zero-order valence-electron chi connectivity index (χ0n) is 18.3. The Bertz CT molecular complexity index is 945. The smallest absolute Gasteiger partial charge is 0.170 e. The maximum absolute atomic E-state index is 10.3. The van der Waals surface area contributed by atoms with Crippen molar-refractivity contribution in [1.29, 1.82) is 0 Å². The van der Waals surface area contributed by atoms with Crippen LogP contribution in [0.3, 0.4) is 0 Å². The summed E-state index contributed by atoms with van der Waals surface area (Å²) in [4.78, 5) is 0. The third-order valence-corrected chi connectivity index (χ3v) is 5.02. The van der Waals surface area contributed by atoms with Gasteiger partial charge in [-0.1, -0.05) is 64.3 Å². The summed E-state index contributed by atoms with van der Waals surface area (Å²) in [5.74, 6) is 2.60. The van der Waals surface area contributed by atoms with Crippen LogP contribution in [-0.4, -0.2) is 5.11 Å². The minimum Gasteiger partial charge on any atom is -0.504 e. The van der Waals surface area contributed by atoms with Gasteiger partial charge >= 0.3 is 0 Å². The number of ether oxygens (including phenoxy) is 2. The zero-order valence-corrected chi connectivity index (χ0v) is 18.3. The van der Waals surface area contributed by atoms with Crippen LogP contribution in [0.1, 0.15) is 56.7 Å². The van der Waals surface area contributed by atoms with Crippen LogP contribution in [0.2, 0.25) is 0 Å². The Morgan fingerprint density at radius 3 is 1.73 bits per heavy atom. The van der Waals surface area contributed by atoms with Crippen molar-refractivity contribution in [2.24, 2.45) is 0 Å². The van der Waals surface area contributed by atoms with Crippen molar-refractivity contribution in [1.82, 2.24) is 0 Å². The second-order valence-electron chi connectivity index (χ2n) is 7.68. The topological polar surface area (TPSA) is 38.7 Å². The first kappa shape index (κ1) is 21.8. The van der Waals surface area contributed by atoms with Crippen LogP contribution < -0.4 is 9.47 Å². The molecule has 0 heterocycles. The lowest BCUT2D eigenvalue weighted by molar-refractivity contribution is 0.388. The Hall–Kier alpha value is -2.94. The van der Waals surface area contributed by atoms with Gasteiger partial charge in [-0.05, 0) is 72.4 Å². The van der Waals surface area contributed by atoms with Crippen LogP contribution in [-0.2, 0) is 19.3 Å². The third kappa shape index (κ3) is 5.79. The number of phenolic OH excluding ortho intramolecular Hbond substituents is 1. The molecule has 0 fully saturated rings. The monoisotopic (exact) mass is 404 g/mol. The van der Waals surface area contributed by atoms with Crippen molar-refractivity contribution in [3.63, 3.8) is 0 Å². The van der Waals surface area contributed by atoms with Crippen LogP contribution in [0.15, 0.2) is 60.7 Å². The number of hydrogen-bond acceptors (Lipinski definition) is 3. The first-order valence-electron chi connectivity index (χ1n) is 11.0. The van der Waals surface area contributed by atoms with E-state index in [-0.39, 0.29) is 5.75 Å². The molecule has 0 saturated carbocycles. The van der Waals surface area contributed by atoms with E-state index in [2.05, 4.69) is 39.0 Å². The van der Waals surface area contributed by atoms with Gasteiger partial charge in [-0.2, -0.15) is 0 Å². The number of aromatic hydroxyl groups is 1. The van der Waals surface area contributed by atoms with E-state index in [0.717, 1.165) is 49.8 Å². The van der Waals surface area contributed by atoms with Gasteiger partial charge in [-0.3, -0.25) is 0 Å². The maximum Gasteiger partial charge on any atom is 0.170 e. The van der Waals surface area contributed by atoms with E-state index < -0.39 is 0 Å². The first-order valence-corrected chi connectivity index (χ1v) is 11.0. The average Bonchev–Trinajstić information content (AvgIpc) is 2.74. The standard InChI is InChI=1S/C27H32O3/c1-4-7-20-10-14-23(15-11-20)29-27-19-22(9-6-3)13-17-25(27)30-26-18-21(8-5-2)12-16-24(26)28/h10-19,28H,4-9H2,1-3H3. The van der Waals surface area contributed by atoms with Crippen molar-refractivity contribution < 1.29 is 14.6 Å². The molecule has 3 rings (SSSR count). The second-order valence-corrected chi connectivity index (χ2v) is 7.68. The largest absolute Gasteiger partial charge is 0.504 e. The summed E-state index contributed by atoms with van der Waals surface area (Å²) in [7, 11) is 0. The molecule has 0 atom stereocenters. The van der Waals surface area contributed by atoms with Gasteiger partial charge in [0.15, 0.2) is 23.0 Å². The van der Waals surface area contributed by atoms with E-state index in [9.17, 15) is 5.11 Å². The lowest BCUT2D eigenvalue weighted by atomic mass is 10.1. The minimum atomic E-state index is 0.127. The molecule has 0 unspecified atom stereocenters. The van der Waals surface area contributed by atoms with Crippen LogP contribution in [0, 0.1) is 0 Å². The van der Waals surface area contributed by atoms with Crippen LogP contribution in [0.5, 0.6) is 28.7 Å². The summed E-state index contributed by atoms with van der Waals surface area (Å²) in [6.45, 7) is 6.48. The zero-order chi connectivity index (χ0) is 21.3. The van der Waals surface area contributed by atoms with Crippen molar-refractivity contribution >= 4 is 0 Å². The van der Waals surface area contributed by atoms with Gasteiger partial charge in [0.2, 0.25) is 0 Å². The lowest BCUT2D eigenvalue weighted by Gasteiger charge is -2.15. The van der Waals surface area contributed by atoms with Gasteiger partial charge in [0.05, 0.1) is 0 Å². The molecule has 0 amide bonds. The molecule has 158 valence electrons. The normalized spacial score (nSPS) is 10.8. The molecule has 0 aliphatic rings. The van der Waals surface area contributed by atoms with E-state index in [0.29, 0.717) is 17.2 Å². The molecule has 0 aliphatic carbocycles. The molecular formula is C27H32O3. The average molecular weight is 405 g/mol. The Kier molecular flexibility index (Phi) is 7.78. The van der Waals surface area contributed by atoms with Crippen LogP contribution in [0.4, 0.5) is 0 Å². The summed E-state index contributed by atoms with van der Waals surface area (Å²) < 4.78 is 12.3. The van der Waals surface area contributed by atoms with Gasteiger partial charge < -0.3 is 14.6 Å². The van der Waals surface area contributed by atoms with E-state index in [1.807, 2.05) is 36.4 Å². The van der Waals surface area contributed by atoms with E-state index in [4.69, 9.17) is 9.47 Å². The molecule has 3 aromatic rings. The number of aryl methyl sites for hydroxylation is 3. The highest BCUT2D eigenvalue weighted by molar-refractivity contribution is 5.51. The van der Waals surface area contributed by atoms with Gasteiger partial charge in [-0.15, -0.1) is 0 Å². The number of rotatable bonds is 10. The number of benzene rings is 3. The maximum atomic E-state index is 10.3. The Morgan fingerprint density at radius 1 is 0.567 bits per heavy atom. The van der Waals surface area contributed by atoms with Gasteiger partial charge in [0.25, 0.3) is 0 Å².